The van der Waals surface area contributed by atoms with Gasteiger partial charge in [0.25, 0.3) is 0 Å². The van der Waals surface area contributed by atoms with E-state index in [-0.39, 0.29) is 0 Å². The number of pyridine rings is 1. The lowest BCUT2D eigenvalue weighted by molar-refractivity contribution is 1.09. The summed E-state index contributed by atoms with van der Waals surface area (Å²) in [5.74, 6) is 0. The highest BCUT2D eigenvalue weighted by Crippen LogP contribution is 2.42. The number of rotatable bonds is 2. The molecule has 0 aliphatic carbocycles. The Kier molecular flexibility index (Phi) is 3.73. The number of aromatic nitrogens is 3. The van der Waals surface area contributed by atoms with E-state index in [0.717, 1.165) is 48.5 Å². The van der Waals surface area contributed by atoms with Crippen LogP contribution in [-0.4, -0.2) is 15.2 Å². The molecule has 4 heteroatoms. The minimum Gasteiger partial charge on any atom is -0.251 e. The molecule has 0 amide bonds. The van der Waals surface area contributed by atoms with Crippen LogP contribution < -0.4 is 0 Å². The van der Waals surface area contributed by atoms with Crippen molar-refractivity contribution >= 4 is 31.8 Å². The van der Waals surface area contributed by atoms with Crippen molar-refractivity contribution in [1.82, 2.24) is 15.2 Å². The third-order valence-corrected chi connectivity index (χ3v) is 5.94. The second kappa shape index (κ2) is 6.25. The standard InChI is InChI=1S/C23H17N3S/c1-14-13-18-22(24-15(14)2)20-19(16-9-5-3-6-10-16)21(25-26-23(20)27-18)17-11-7-4-8-12-17/h3-13H,1-2H3. The van der Waals surface area contributed by atoms with Gasteiger partial charge in [-0.05, 0) is 31.0 Å². The lowest BCUT2D eigenvalue weighted by Gasteiger charge is -2.10. The summed E-state index contributed by atoms with van der Waals surface area (Å²) in [6, 6.07) is 22.9. The Morgan fingerprint density at radius 1 is 0.778 bits per heavy atom. The predicted octanol–water partition coefficient (Wildman–Crippen LogP) is 6.19. The Bertz CT molecular complexity index is 1280. The summed E-state index contributed by atoms with van der Waals surface area (Å²) in [6.07, 6.45) is 0. The van der Waals surface area contributed by atoms with E-state index < -0.39 is 0 Å². The molecule has 3 heterocycles. The number of nitrogens with zero attached hydrogens (tertiary/aromatic N) is 3. The van der Waals surface area contributed by atoms with E-state index in [1.807, 2.05) is 24.3 Å². The van der Waals surface area contributed by atoms with Gasteiger partial charge in [-0.1, -0.05) is 60.7 Å². The Morgan fingerprint density at radius 2 is 1.44 bits per heavy atom. The van der Waals surface area contributed by atoms with Gasteiger partial charge in [-0.2, -0.15) is 0 Å². The highest BCUT2D eigenvalue weighted by atomic mass is 32.1. The van der Waals surface area contributed by atoms with Crippen molar-refractivity contribution in [2.75, 3.05) is 0 Å². The minimum atomic E-state index is 0.897. The van der Waals surface area contributed by atoms with Crippen molar-refractivity contribution in [3.05, 3.63) is 78.0 Å². The van der Waals surface area contributed by atoms with Crippen LogP contribution in [0.15, 0.2) is 66.7 Å². The molecule has 2 aromatic carbocycles. The maximum absolute atomic E-state index is 4.93. The number of hydrogen-bond donors (Lipinski definition) is 0. The number of hydrogen-bond acceptors (Lipinski definition) is 4. The second-order valence-electron chi connectivity index (χ2n) is 6.68. The van der Waals surface area contributed by atoms with Gasteiger partial charge < -0.3 is 0 Å². The summed E-state index contributed by atoms with van der Waals surface area (Å²) < 4.78 is 1.16. The highest BCUT2D eigenvalue weighted by Gasteiger charge is 2.20. The first-order valence-electron chi connectivity index (χ1n) is 8.90. The predicted molar refractivity (Wildman–Crippen MR) is 113 cm³/mol. The van der Waals surface area contributed by atoms with Crippen molar-refractivity contribution in [3.63, 3.8) is 0 Å². The maximum atomic E-state index is 4.93. The van der Waals surface area contributed by atoms with Gasteiger partial charge >= 0.3 is 0 Å². The maximum Gasteiger partial charge on any atom is 0.149 e. The molecule has 3 nitrogen and oxygen atoms in total. The van der Waals surface area contributed by atoms with E-state index >= 15 is 0 Å². The van der Waals surface area contributed by atoms with E-state index in [9.17, 15) is 0 Å². The summed E-state index contributed by atoms with van der Waals surface area (Å²) in [6.45, 7) is 4.17. The molecule has 0 radical (unpaired) electrons. The van der Waals surface area contributed by atoms with Crippen LogP contribution in [-0.2, 0) is 0 Å². The molecule has 130 valence electrons. The average molecular weight is 367 g/mol. The number of aryl methyl sites for hydroxylation is 2. The summed E-state index contributed by atoms with van der Waals surface area (Å²) in [4.78, 5) is 5.86. The minimum absolute atomic E-state index is 0.897. The fourth-order valence-electron chi connectivity index (χ4n) is 3.44. The molecule has 5 rings (SSSR count). The summed E-state index contributed by atoms with van der Waals surface area (Å²) in [5, 5.41) is 10.3. The van der Waals surface area contributed by atoms with Crippen molar-refractivity contribution in [2.24, 2.45) is 0 Å². The molecule has 0 bridgehead atoms. The van der Waals surface area contributed by atoms with Crippen LogP contribution >= 0.6 is 11.3 Å². The van der Waals surface area contributed by atoms with Gasteiger partial charge in [-0.25, -0.2) is 0 Å². The van der Waals surface area contributed by atoms with E-state index in [1.165, 1.54) is 5.56 Å². The number of thiophene rings is 1. The van der Waals surface area contributed by atoms with Crippen LogP contribution in [0.1, 0.15) is 11.3 Å². The number of benzene rings is 2. The topological polar surface area (TPSA) is 38.7 Å². The van der Waals surface area contributed by atoms with Crippen molar-refractivity contribution < 1.29 is 0 Å². The van der Waals surface area contributed by atoms with Gasteiger partial charge in [-0.3, -0.25) is 4.98 Å². The molecule has 0 N–H and O–H groups in total. The lowest BCUT2D eigenvalue weighted by atomic mass is 9.97. The molecular weight excluding hydrogens is 350 g/mol. The summed E-state index contributed by atoms with van der Waals surface area (Å²) in [5.41, 5.74) is 7.47. The highest BCUT2D eigenvalue weighted by molar-refractivity contribution is 7.25. The van der Waals surface area contributed by atoms with Crippen molar-refractivity contribution in [3.8, 4) is 22.4 Å². The molecule has 5 aromatic rings. The molecule has 3 aromatic heterocycles. The van der Waals surface area contributed by atoms with Gasteiger partial charge in [0.1, 0.15) is 10.5 Å². The van der Waals surface area contributed by atoms with E-state index in [1.54, 1.807) is 11.3 Å². The molecular formula is C23H17N3S. The van der Waals surface area contributed by atoms with Gasteiger partial charge in [0.05, 0.1) is 10.2 Å². The molecule has 0 aliphatic rings. The Hall–Kier alpha value is -3.11. The van der Waals surface area contributed by atoms with E-state index in [4.69, 9.17) is 4.98 Å². The van der Waals surface area contributed by atoms with Crippen molar-refractivity contribution in [2.45, 2.75) is 13.8 Å². The van der Waals surface area contributed by atoms with Crippen LogP contribution in [0, 0.1) is 13.8 Å². The van der Waals surface area contributed by atoms with Gasteiger partial charge in [-0.15, -0.1) is 21.5 Å². The average Bonchev–Trinajstić information content (AvgIpc) is 3.06. The van der Waals surface area contributed by atoms with E-state index in [2.05, 4.69) is 66.5 Å². The lowest BCUT2D eigenvalue weighted by Crippen LogP contribution is -1.94. The molecule has 0 saturated carbocycles. The van der Waals surface area contributed by atoms with Crippen LogP contribution in [0.3, 0.4) is 0 Å². The Balaban J connectivity index is 1.97. The molecule has 0 saturated heterocycles. The molecule has 27 heavy (non-hydrogen) atoms. The fraction of sp³-hybridized carbons (Fsp3) is 0.0870. The smallest absolute Gasteiger partial charge is 0.149 e. The van der Waals surface area contributed by atoms with Gasteiger partial charge in [0.2, 0.25) is 0 Å². The van der Waals surface area contributed by atoms with Crippen LogP contribution in [0.25, 0.3) is 42.8 Å². The quantitative estimate of drug-likeness (QED) is 0.373. The monoisotopic (exact) mass is 367 g/mol. The van der Waals surface area contributed by atoms with Crippen LogP contribution in [0.4, 0.5) is 0 Å². The second-order valence-corrected chi connectivity index (χ2v) is 7.71. The summed E-state index contributed by atoms with van der Waals surface area (Å²) in [7, 11) is 0. The van der Waals surface area contributed by atoms with Gasteiger partial charge in [0.15, 0.2) is 0 Å². The first kappa shape index (κ1) is 16.1. The molecule has 0 fully saturated rings. The Labute approximate surface area is 161 Å². The van der Waals surface area contributed by atoms with Crippen molar-refractivity contribution in [1.29, 1.82) is 0 Å². The van der Waals surface area contributed by atoms with E-state index in [0.29, 0.717) is 0 Å². The normalized spacial score (nSPS) is 11.3. The van der Waals surface area contributed by atoms with Crippen LogP contribution in [0.5, 0.6) is 0 Å². The van der Waals surface area contributed by atoms with Crippen LogP contribution in [0.2, 0.25) is 0 Å². The molecule has 0 atom stereocenters. The third-order valence-electron chi connectivity index (χ3n) is 4.93. The first-order chi connectivity index (χ1) is 13.2. The summed E-state index contributed by atoms with van der Waals surface area (Å²) >= 11 is 1.66. The molecule has 0 aliphatic heterocycles. The zero-order valence-electron chi connectivity index (χ0n) is 15.1. The third kappa shape index (κ3) is 2.61. The number of fused-ring (bicyclic) bond motifs is 3. The molecule has 0 spiro atoms. The zero-order chi connectivity index (χ0) is 18.4. The zero-order valence-corrected chi connectivity index (χ0v) is 15.9. The largest absolute Gasteiger partial charge is 0.251 e. The fourth-order valence-corrected chi connectivity index (χ4v) is 4.51. The van der Waals surface area contributed by atoms with Gasteiger partial charge in [0, 0.05) is 22.2 Å². The molecule has 0 unspecified atom stereocenters. The SMILES string of the molecule is Cc1cc2sc3nnc(-c4ccccc4)c(-c4ccccc4)c3c2nc1C. The Morgan fingerprint density at radius 3 is 2.15 bits per heavy atom. The first-order valence-corrected chi connectivity index (χ1v) is 9.72.